The Balaban J connectivity index is 2.18. The van der Waals surface area contributed by atoms with Crippen molar-refractivity contribution in [3.63, 3.8) is 0 Å². The van der Waals surface area contributed by atoms with Crippen LogP contribution in [0.2, 0.25) is 0 Å². The molecule has 0 radical (unpaired) electrons. The average molecular weight is 386 g/mol. The van der Waals surface area contributed by atoms with Crippen LogP contribution >= 0.6 is 15.9 Å². The number of hydrogen-bond acceptors (Lipinski definition) is 2. The summed E-state index contributed by atoms with van der Waals surface area (Å²) in [4.78, 5) is 14.9. The van der Waals surface area contributed by atoms with E-state index in [2.05, 4.69) is 22.0 Å². The molecule has 0 N–H and O–H groups in total. The Morgan fingerprint density at radius 1 is 1.25 bits per heavy atom. The number of rotatable bonds is 3. The SMILES string of the molecule is COc1ccc2c(c1)/C(=C\c1ccccc1)C(=O)N(C)[C@@H](CBr)C2. The van der Waals surface area contributed by atoms with Crippen LogP contribution in [0.25, 0.3) is 11.6 Å². The zero-order valence-electron chi connectivity index (χ0n) is 13.8. The quantitative estimate of drug-likeness (QED) is 0.589. The molecule has 24 heavy (non-hydrogen) atoms. The van der Waals surface area contributed by atoms with Crippen LogP contribution in [-0.2, 0) is 11.2 Å². The molecule has 0 aromatic heterocycles. The van der Waals surface area contributed by atoms with E-state index in [0.717, 1.165) is 28.6 Å². The maximum Gasteiger partial charge on any atom is 0.254 e. The Bertz CT molecular complexity index is 770. The van der Waals surface area contributed by atoms with Crippen LogP contribution in [0.1, 0.15) is 16.7 Å². The van der Waals surface area contributed by atoms with Gasteiger partial charge >= 0.3 is 0 Å². The Labute approximate surface area is 151 Å². The number of ether oxygens (including phenoxy) is 1. The molecular weight excluding hydrogens is 366 g/mol. The van der Waals surface area contributed by atoms with Crippen molar-refractivity contribution in [2.24, 2.45) is 0 Å². The van der Waals surface area contributed by atoms with E-state index in [-0.39, 0.29) is 11.9 Å². The van der Waals surface area contributed by atoms with Crippen LogP contribution in [0.3, 0.4) is 0 Å². The van der Waals surface area contributed by atoms with Crippen LogP contribution in [0, 0.1) is 0 Å². The number of hydrogen-bond donors (Lipinski definition) is 0. The van der Waals surface area contributed by atoms with Crippen LogP contribution in [0.15, 0.2) is 48.5 Å². The first kappa shape index (κ1) is 16.8. The number of halogens is 1. The smallest absolute Gasteiger partial charge is 0.254 e. The van der Waals surface area contributed by atoms with Crippen molar-refractivity contribution in [1.29, 1.82) is 0 Å². The van der Waals surface area contributed by atoms with Gasteiger partial charge in [-0.25, -0.2) is 0 Å². The average Bonchev–Trinajstić information content (AvgIpc) is 2.72. The van der Waals surface area contributed by atoms with Gasteiger partial charge in [0.05, 0.1) is 7.11 Å². The molecule has 1 aliphatic rings. The fourth-order valence-corrected chi connectivity index (χ4v) is 3.65. The zero-order chi connectivity index (χ0) is 17.1. The topological polar surface area (TPSA) is 29.5 Å². The van der Waals surface area contributed by atoms with E-state index in [9.17, 15) is 4.79 Å². The fourth-order valence-electron chi connectivity index (χ4n) is 2.99. The molecule has 4 heteroatoms. The maximum atomic E-state index is 13.1. The molecule has 3 nitrogen and oxygen atoms in total. The van der Waals surface area contributed by atoms with E-state index in [1.807, 2.05) is 60.5 Å². The van der Waals surface area contributed by atoms with Crippen molar-refractivity contribution in [3.8, 4) is 5.75 Å². The molecule has 1 heterocycles. The summed E-state index contributed by atoms with van der Waals surface area (Å²) in [5.41, 5.74) is 3.85. The fraction of sp³-hybridized carbons (Fsp3) is 0.250. The molecule has 0 fully saturated rings. The van der Waals surface area contributed by atoms with Crippen LogP contribution in [0.4, 0.5) is 0 Å². The lowest BCUT2D eigenvalue weighted by molar-refractivity contribution is -0.125. The maximum absolute atomic E-state index is 13.1. The number of alkyl halides is 1. The Morgan fingerprint density at radius 2 is 2.00 bits per heavy atom. The molecule has 1 atom stereocenters. The molecule has 1 aliphatic heterocycles. The highest BCUT2D eigenvalue weighted by molar-refractivity contribution is 9.09. The van der Waals surface area contributed by atoms with Crippen LogP contribution in [0.5, 0.6) is 5.75 Å². The summed E-state index contributed by atoms with van der Waals surface area (Å²) in [6.45, 7) is 0. The van der Waals surface area contributed by atoms with Gasteiger partial charge in [-0.2, -0.15) is 0 Å². The van der Waals surface area contributed by atoms with Crippen molar-refractivity contribution >= 4 is 33.5 Å². The minimum Gasteiger partial charge on any atom is -0.497 e. The van der Waals surface area contributed by atoms with Gasteiger partial charge in [-0.15, -0.1) is 0 Å². The summed E-state index contributed by atoms with van der Waals surface area (Å²) in [6.07, 6.45) is 2.78. The first-order valence-corrected chi connectivity index (χ1v) is 9.03. The van der Waals surface area contributed by atoms with Gasteiger partial charge in [0.25, 0.3) is 5.91 Å². The number of benzene rings is 2. The highest BCUT2D eigenvalue weighted by atomic mass is 79.9. The van der Waals surface area contributed by atoms with E-state index in [0.29, 0.717) is 5.57 Å². The van der Waals surface area contributed by atoms with Crippen LogP contribution < -0.4 is 4.74 Å². The first-order valence-electron chi connectivity index (χ1n) is 7.91. The van der Waals surface area contributed by atoms with Gasteiger partial charge in [0.1, 0.15) is 5.75 Å². The van der Waals surface area contributed by atoms with Crippen molar-refractivity contribution in [2.45, 2.75) is 12.5 Å². The lowest BCUT2D eigenvalue weighted by Gasteiger charge is -2.24. The summed E-state index contributed by atoms with van der Waals surface area (Å²) in [5.74, 6) is 0.802. The number of likely N-dealkylation sites (N-methyl/N-ethyl adjacent to an activating group) is 1. The molecule has 2 aromatic carbocycles. The molecule has 2 aromatic rings. The van der Waals surface area contributed by atoms with Gasteiger partial charge in [-0.05, 0) is 41.3 Å². The summed E-state index contributed by atoms with van der Waals surface area (Å²) in [5, 5.41) is 0.749. The minimum absolute atomic E-state index is 0.0373. The third-order valence-electron chi connectivity index (χ3n) is 4.45. The first-order chi connectivity index (χ1) is 11.6. The number of fused-ring (bicyclic) bond motifs is 1. The van der Waals surface area contributed by atoms with Gasteiger partial charge in [0.15, 0.2) is 0 Å². The summed E-state index contributed by atoms with van der Waals surface area (Å²) in [7, 11) is 3.52. The Morgan fingerprint density at radius 3 is 2.67 bits per heavy atom. The standard InChI is InChI=1S/C20H20BrNO2/c1-22-16(13-21)11-15-8-9-17(24-2)12-18(15)19(20(22)23)10-14-6-4-3-5-7-14/h3-10,12,16H,11,13H2,1-2H3/b19-10+/t16-/m1/s1. The predicted molar refractivity (Wildman–Crippen MR) is 101 cm³/mol. The molecule has 3 rings (SSSR count). The van der Waals surface area contributed by atoms with E-state index in [4.69, 9.17) is 4.74 Å². The molecule has 0 bridgehead atoms. The molecule has 0 saturated heterocycles. The molecular formula is C20H20BrNO2. The van der Waals surface area contributed by atoms with Crippen molar-refractivity contribution in [1.82, 2.24) is 4.90 Å². The second-order valence-corrected chi connectivity index (χ2v) is 6.57. The van der Waals surface area contributed by atoms with Gasteiger partial charge in [0.2, 0.25) is 0 Å². The largest absolute Gasteiger partial charge is 0.497 e. The number of carbonyl (C=O) groups is 1. The minimum atomic E-state index is 0.0373. The van der Waals surface area contributed by atoms with Gasteiger partial charge < -0.3 is 9.64 Å². The molecule has 0 spiro atoms. The summed E-state index contributed by atoms with van der Waals surface area (Å²) < 4.78 is 5.37. The summed E-state index contributed by atoms with van der Waals surface area (Å²) >= 11 is 3.54. The monoisotopic (exact) mass is 385 g/mol. The zero-order valence-corrected chi connectivity index (χ0v) is 15.4. The lowest BCUT2D eigenvalue weighted by Crippen LogP contribution is -2.38. The van der Waals surface area contributed by atoms with E-state index >= 15 is 0 Å². The Kier molecular flexibility index (Phi) is 5.05. The van der Waals surface area contributed by atoms with Crippen molar-refractivity contribution in [2.75, 3.05) is 19.5 Å². The van der Waals surface area contributed by atoms with Crippen molar-refractivity contribution in [3.05, 3.63) is 65.2 Å². The van der Waals surface area contributed by atoms with Crippen LogP contribution in [-0.4, -0.2) is 36.3 Å². The predicted octanol–water partition coefficient (Wildman–Crippen LogP) is 4.01. The normalized spacial score (nSPS) is 19.1. The number of methoxy groups -OCH3 is 1. The number of carbonyl (C=O) groups excluding carboxylic acids is 1. The summed E-state index contributed by atoms with van der Waals surface area (Å²) in [6, 6.07) is 16.1. The molecule has 1 amide bonds. The molecule has 0 aliphatic carbocycles. The Hall–Kier alpha value is -2.07. The third-order valence-corrected chi connectivity index (χ3v) is 5.20. The second-order valence-electron chi connectivity index (χ2n) is 5.92. The molecule has 0 unspecified atom stereocenters. The molecule has 124 valence electrons. The lowest BCUT2D eigenvalue weighted by atomic mass is 9.95. The number of amides is 1. The van der Waals surface area contributed by atoms with E-state index in [1.165, 1.54) is 5.56 Å². The highest BCUT2D eigenvalue weighted by Gasteiger charge is 2.29. The van der Waals surface area contributed by atoms with Gasteiger partial charge in [-0.1, -0.05) is 52.3 Å². The third kappa shape index (κ3) is 3.24. The van der Waals surface area contributed by atoms with E-state index < -0.39 is 0 Å². The van der Waals surface area contributed by atoms with Gasteiger partial charge in [0, 0.05) is 24.0 Å². The highest BCUT2D eigenvalue weighted by Crippen LogP contribution is 2.32. The van der Waals surface area contributed by atoms with Gasteiger partial charge in [-0.3, -0.25) is 4.79 Å². The number of nitrogens with zero attached hydrogens (tertiary/aromatic N) is 1. The van der Waals surface area contributed by atoms with Crippen molar-refractivity contribution < 1.29 is 9.53 Å². The second kappa shape index (κ2) is 7.22. The molecule has 0 saturated carbocycles. The van der Waals surface area contributed by atoms with E-state index in [1.54, 1.807) is 7.11 Å².